The normalized spacial score (nSPS) is 28.3. The van der Waals surface area contributed by atoms with Crippen LogP contribution in [0.1, 0.15) is 198 Å². The van der Waals surface area contributed by atoms with Crippen molar-refractivity contribution in [3.63, 3.8) is 0 Å². The molecule has 0 atom stereocenters. The van der Waals surface area contributed by atoms with Gasteiger partial charge in [0.15, 0.2) is 0 Å². The molecule has 1 aromatic carbocycles. The summed E-state index contributed by atoms with van der Waals surface area (Å²) in [6.07, 6.45) is 44.0. The molecule has 50 heavy (non-hydrogen) atoms. The van der Waals surface area contributed by atoms with Crippen molar-refractivity contribution in [1.82, 2.24) is 0 Å². The molecule has 1 aromatic rings. The van der Waals surface area contributed by atoms with Crippen LogP contribution in [-0.2, 0) is 24.4 Å². The molecule has 0 saturated heterocycles. The third-order valence-electron chi connectivity index (χ3n) is 16.8. The third-order valence-corrected chi connectivity index (χ3v) is 42.5. The average molecular weight is 849 g/mol. The molecule has 6 fully saturated rings. The van der Waals surface area contributed by atoms with Crippen LogP contribution in [0.2, 0.25) is 0 Å². The quantitative estimate of drug-likeness (QED) is 0.125. The standard InChI is InChI=1S/C45H74Cl2P2.Ru/c1-2-45(38-24-10-3-11-25-38,48(46,39-26-12-4-13-27-39,40-28-14-5-15-29-40)41-30-16-6-17-31-41)49(47,42-32-18-7-19-33-42,43-34-20-8-21-35-43)44-36-22-9-23-37-44;/h2-3,10-11,24-25,39-44H,1,4-9,12-23,26-37H2;/q;+2. The van der Waals surface area contributed by atoms with Crippen molar-refractivity contribution in [3.8, 4) is 0 Å². The predicted molar refractivity (Wildman–Crippen MR) is 225 cm³/mol. The zero-order valence-corrected chi connectivity index (χ0v) is 36.9. The van der Waals surface area contributed by atoms with Gasteiger partial charge < -0.3 is 0 Å². The summed E-state index contributed by atoms with van der Waals surface area (Å²) < 4.78 is 0. The Balaban J connectivity index is 0.00000432. The van der Waals surface area contributed by atoms with Crippen molar-refractivity contribution in [1.29, 1.82) is 0 Å². The van der Waals surface area contributed by atoms with Gasteiger partial charge in [0.05, 0.1) is 0 Å². The number of halogens is 2. The van der Waals surface area contributed by atoms with Crippen LogP contribution < -0.4 is 0 Å². The van der Waals surface area contributed by atoms with Crippen molar-refractivity contribution in [3.05, 3.63) is 48.6 Å². The Bertz CT molecular complexity index is 1050. The van der Waals surface area contributed by atoms with Gasteiger partial charge in [-0.1, -0.05) is 0 Å². The van der Waals surface area contributed by atoms with Crippen molar-refractivity contribution < 1.29 is 19.5 Å². The Kier molecular flexibility index (Phi) is 13.9. The van der Waals surface area contributed by atoms with Crippen LogP contribution >= 0.6 is 34.4 Å². The summed E-state index contributed by atoms with van der Waals surface area (Å²) in [5, 5.41) is 0. The molecule has 0 nitrogen and oxygen atoms in total. The van der Waals surface area contributed by atoms with E-state index in [1.54, 1.807) is 5.56 Å². The molecule has 7 rings (SSSR count). The van der Waals surface area contributed by atoms with Crippen LogP contribution in [0.15, 0.2) is 43.0 Å². The first kappa shape index (κ1) is 40.7. The van der Waals surface area contributed by atoms with Gasteiger partial charge in [0.1, 0.15) is 0 Å². The Morgan fingerprint density at radius 1 is 0.420 bits per heavy atom. The second kappa shape index (κ2) is 17.0. The van der Waals surface area contributed by atoms with Gasteiger partial charge in [0.25, 0.3) is 0 Å². The molecular formula is C45H74Cl2P2Ru+2. The molecule has 6 saturated carbocycles. The molecule has 284 valence electrons. The van der Waals surface area contributed by atoms with E-state index in [9.17, 15) is 22.5 Å². The van der Waals surface area contributed by atoms with Gasteiger partial charge in [-0.25, -0.2) is 0 Å². The van der Waals surface area contributed by atoms with Crippen LogP contribution in [-0.4, -0.2) is 34.0 Å². The fourth-order valence-corrected chi connectivity index (χ4v) is 47.2. The van der Waals surface area contributed by atoms with Crippen molar-refractivity contribution in [2.75, 3.05) is 0 Å². The molecule has 0 bridgehead atoms. The summed E-state index contributed by atoms with van der Waals surface area (Å²) in [6, 6.07) is 12.4. The van der Waals surface area contributed by atoms with E-state index in [0.29, 0.717) is 34.0 Å². The van der Waals surface area contributed by atoms with Crippen molar-refractivity contribution >= 4 is 34.4 Å². The second-order valence-corrected chi connectivity index (χ2v) is 34.0. The van der Waals surface area contributed by atoms with Gasteiger partial charge in [-0.2, -0.15) is 0 Å². The average Bonchev–Trinajstić information content (AvgIpc) is 3.20. The smallest absolute Gasteiger partial charge is 2.00 e. The SMILES string of the molecule is C=CC(c1ccccc1)(P(Cl)(C1CCCCC1)(C1CCCCC1)C1CCCCC1)P(Cl)(C1CCCCC1)(C1CCCCC1)C1CCCCC1.[Ru+2]. The molecule has 0 amide bonds. The Labute approximate surface area is 331 Å². The zero-order valence-electron chi connectivity index (χ0n) is 31.9. The molecule has 6 aliphatic rings. The fraction of sp³-hybridized carbons (Fsp3) is 0.822. The van der Waals surface area contributed by atoms with E-state index >= 15 is 0 Å². The van der Waals surface area contributed by atoms with E-state index in [1.807, 2.05) is 0 Å². The van der Waals surface area contributed by atoms with E-state index in [1.165, 1.54) is 193 Å². The monoisotopic (exact) mass is 848 g/mol. The predicted octanol–water partition coefficient (Wildman–Crippen LogP) is 16.4. The number of benzene rings is 1. The van der Waals surface area contributed by atoms with Crippen molar-refractivity contribution in [2.45, 2.75) is 231 Å². The number of rotatable bonds is 10. The van der Waals surface area contributed by atoms with Gasteiger partial charge in [-0.3, -0.25) is 0 Å². The number of allylic oxidation sites excluding steroid dienone is 1. The fourth-order valence-electron chi connectivity index (χ4n) is 15.3. The summed E-state index contributed by atoms with van der Waals surface area (Å²) in [7, 11) is 0. The summed E-state index contributed by atoms with van der Waals surface area (Å²) in [6.45, 7) is 5.30. The molecule has 0 N–H and O–H groups in total. The number of hydrogen-bond donors (Lipinski definition) is 0. The van der Waals surface area contributed by atoms with Crippen LogP contribution in [0.5, 0.6) is 0 Å². The van der Waals surface area contributed by atoms with Gasteiger partial charge in [0, 0.05) is 0 Å². The Hall–Kier alpha value is 1.02. The molecule has 5 heteroatoms. The van der Waals surface area contributed by atoms with Gasteiger partial charge in [0.2, 0.25) is 0 Å². The van der Waals surface area contributed by atoms with Crippen LogP contribution in [0.4, 0.5) is 0 Å². The first-order valence-corrected chi connectivity index (χ1v) is 28.8. The summed E-state index contributed by atoms with van der Waals surface area (Å²) in [5.74, 6) is -6.71. The maximum absolute atomic E-state index is 10.1. The minimum atomic E-state index is -3.36. The second-order valence-electron chi connectivity index (χ2n) is 18.5. The van der Waals surface area contributed by atoms with E-state index in [2.05, 4.69) is 36.4 Å². The largest absolute Gasteiger partial charge is 2.00 e. The first-order chi connectivity index (χ1) is 24.0. The van der Waals surface area contributed by atoms with E-state index in [4.69, 9.17) is 6.58 Å². The Morgan fingerprint density at radius 2 is 0.640 bits per heavy atom. The summed E-state index contributed by atoms with van der Waals surface area (Å²) in [4.78, 5) is -0.264. The van der Waals surface area contributed by atoms with Gasteiger partial charge in [-0.15, -0.1) is 0 Å². The third kappa shape index (κ3) is 5.93. The van der Waals surface area contributed by atoms with Crippen LogP contribution in [0.3, 0.4) is 0 Å². The molecule has 6 aliphatic carbocycles. The van der Waals surface area contributed by atoms with Gasteiger partial charge >= 0.3 is 334 Å². The van der Waals surface area contributed by atoms with E-state index in [-0.39, 0.29) is 24.4 Å². The molecule has 0 aliphatic heterocycles. The molecule has 0 unspecified atom stereocenters. The van der Waals surface area contributed by atoms with Crippen LogP contribution in [0.25, 0.3) is 0 Å². The maximum Gasteiger partial charge on any atom is 2.00 e. The summed E-state index contributed by atoms with van der Waals surface area (Å²) in [5.41, 5.74) is 5.44. The van der Waals surface area contributed by atoms with E-state index < -0.39 is 11.9 Å². The zero-order chi connectivity index (χ0) is 33.9. The summed E-state index contributed by atoms with van der Waals surface area (Å²) >= 11 is 20.3. The topological polar surface area (TPSA) is 0 Å². The van der Waals surface area contributed by atoms with Crippen LogP contribution in [0, 0.1) is 0 Å². The molecule has 0 aromatic heterocycles. The molecular weight excluding hydrogens is 774 g/mol. The molecule has 0 spiro atoms. The minimum Gasteiger partial charge on any atom is 2.00 e. The van der Waals surface area contributed by atoms with Gasteiger partial charge in [-0.05, 0) is 0 Å². The van der Waals surface area contributed by atoms with Crippen molar-refractivity contribution in [2.24, 2.45) is 0 Å². The maximum atomic E-state index is 10.1. The molecule has 0 radical (unpaired) electrons. The molecule has 0 heterocycles. The minimum absolute atomic E-state index is 0. The van der Waals surface area contributed by atoms with E-state index in [0.717, 1.165) is 0 Å². The first-order valence-electron chi connectivity index (χ1n) is 22.1. The Morgan fingerprint density at radius 3 is 0.840 bits per heavy atom. The number of hydrogen-bond acceptors (Lipinski definition) is 0.